The van der Waals surface area contributed by atoms with Crippen molar-refractivity contribution >= 4 is 36.7 Å². The maximum Gasteiger partial charge on any atom is 0.214 e. The van der Waals surface area contributed by atoms with Gasteiger partial charge in [0.2, 0.25) is 10.0 Å². The van der Waals surface area contributed by atoms with Gasteiger partial charge in [-0.3, -0.25) is 0 Å². The van der Waals surface area contributed by atoms with E-state index in [1.54, 1.807) is 11.3 Å². The molecule has 5 nitrogen and oxygen atoms in total. The molecule has 0 spiro atoms. The standard InChI is InChI=1S/C16H21N3O2S2/c20-23(21,13-5-6-13)17-11-12-7-9-19(10-8-12)16-18-14-3-1-2-4-15(14)22-16/h1-4,12-13,17H,5-11H2. The molecule has 4 rings (SSSR count). The molecule has 1 N–H and O–H groups in total. The normalized spacial score (nSPS) is 20.3. The second-order valence-electron chi connectivity index (χ2n) is 6.49. The molecule has 0 amide bonds. The van der Waals surface area contributed by atoms with Crippen molar-refractivity contribution in [2.24, 2.45) is 5.92 Å². The van der Waals surface area contributed by atoms with Crippen LogP contribution >= 0.6 is 11.3 Å². The predicted octanol–water partition coefficient (Wildman–Crippen LogP) is 2.59. The Kier molecular flexibility index (Phi) is 4.03. The zero-order valence-corrected chi connectivity index (χ0v) is 14.6. The third kappa shape index (κ3) is 3.36. The largest absolute Gasteiger partial charge is 0.348 e. The minimum Gasteiger partial charge on any atom is -0.348 e. The van der Waals surface area contributed by atoms with Crippen molar-refractivity contribution < 1.29 is 8.42 Å². The molecule has 2 aliphatic rings. The Morgan fingerprint density at radius 3 is 2.61 bits per heavy atom. The van der Waals surface area contributed by atoms with Crippen LogP contribution in [0, 0.1) is 5.92 Å². The van der Waals surface area contributed by atoms with Gasteiger partial charge in [-0.15, -0.1) is 0 Å². The van der Waals surface area contributed by atoms with Gasteiger partial charge in [0.25, 0.3) is 0 Å². The van der Waals surface area contributed by atoms with Crippen LogP contribution in [-0.2, 0) is 10.0 Å². The first-order chi connectivity index (χ1) is 11.1. The molecular weight excluding hydrogens is 330 g/mol. The van der Waals surface area contributed by atoms with E-state index in [9.17, 15) is 8.42 Å². The molecule has 1 aliphatic heterocycles. The molecule has 2 aromatic rings. The second-order valence-corrected chi connectivity index (χ2v) is 9.54. The third-order valence-corrected chi connectivity index (χ3v) is 7.72. The highest BCUT2D eigenvalue weighted by atomic mass is 32.2. The van der Waals surface area contributed by atoms with Crippen LogP contribution in [0.4, 0.5) is 5.13 Å². The van der Waals surface area contributed by atoms with Crippen molar-refractivity contribution in [1.82, 2.24) is 9.71 Å². The summed E-state index contributed by atoms with van der Waals surface area (Å²) in [7, 11) is -3.04. The average Bonchev–Trinajstić information content (AvgIpc) is 3.34. The summed E-state index contributed by atoms with van der Waals surface area (Å²) < 4.78 is 27.8. The Labute approximate surface area is 140 Å². The number of anilines is 1. The number of piperidine rings is 1. The number of aromatic nitrogens is 1. The minimum atomic E-state index is -3.04. The lowest BCUT2D eigenvalue weighted by atomic mass is 9.97. The van der Waals surface area contributed by atoms with Crippen LogP contribution in [0.3, 0.4) is 0 Å². The number of fused-ring (bicyclic) bond motifs is 1. The molecule has 1 saturated heterocycles. The summed E-state index contributed by atoms with van der Waals surface area (Å²) in [6, 6.07) is 8.22. The number of hydrogen-bond donors (Lipinski definition) is 1. The molecule has 1 aliphatic carbocycles. The van der Waals surface area contributed by atoms with Gasteiger partial charge in [0.05, 0.1) is 15.5 Å². The second kappa shape index (κ2) is 6.03. The van der Waals surface area contributed by atoms with Gasteiger partial charge in [0.15, 0.2) is 5.13 Å². The Morgan fingerprint density at radius 2 is 1.91 bits per heavy atom. The summed E-state index contributed by atoms with van der Waals surface area (Å²) in [5.41, 5.74) is 1.06. The molecule has 124 valence electrons. The van der Waals surface area contributed by atoms with Gasteiger partial charge in [-0.25, -0.2) is 18.1 Å². The van der Waals surface area contributed by atoms with Gasteiger partial charge in [-0.1, -0.05) is 23.5 Å². The highest BCUT2D eigenvalue weighted by Crippen LogP contribution is 2.31. The number of thiazole rings is 1. The molecule has 2 heterocycles. The number of para-hydroxylation sites is 1. The summed E-state index contributed by atoms with van der Waals surface area (Å²) in [6.07, 6.45) is 3.68. The first kappa shape index (κ1) is 15.4. The quantitative estimate of drug-likeness (QED) is 0.899. The third-order valence-electron chi connectivity index (χ3n) is 4.70. The molecule has 2 fully saturated rings. The number of sulfonamides is 1. The van der Waals surface area contributed by atoms with Gasteiger partial charge >= 0.3 is 0 Å². The summed E-state index contributed by atoms with van der Waals surface area (Å²) in [6.45, 7) is 2.50. The van der Waals surface area contributed by atoms with Crippen LogP contribution in [0.2, 0.25) is 0 Å². The highest BCUT2D eigenvalue weighted by molar-refractivity contribution is 7.90. The molecule has 1 aromatic heterocycles. The Hall–Kier alpha value is -1.18. The van der Waals surface area contributed by atoms with Crippen molar-refractivity contribution in [1.29, 1.82) is 0 Å². The van der Waals surface area contributed by atoms with Crippen LogP contribution in [0.1, 0.15) is 25.7 Å². The van der Waals surface area contributed by atoms with Gasteiger partial charge in [0.1, 0.15) is 0 Å². The monoisotopic (exact) mass is 351 g/mol. The summed E-state index contributed by atoms with van der Waals surface area (Å²) >= 11 is 1.74. The smallest absolute Gasteiger partial charge is 0.214 e. The fourth-order valence-corrected chi connectivity index (χ4v) is 5.53. The number of benzene rings is 1. The lowest BCUT2D eigenvalue weighted by molar-refractivity contribution is 0.402. The van der Waals surface area contributed by atoms with Crippen LogP contribution in [0.15, 0.2) is 24.3 Å². The van der Waals surface area contributed by atoms with E-state index in [0.29, 0.717) is 12.5 Å². The van der Waals surface area contributed by atoms with E-state index in [2.05, 4.69) is 21.8 Å². The lowest BCUT2D eigenvalue weighted by Gasteiger charge is -2.31. The highest BCUT2D eigenvalue weighted by Gasteiger charge is 2.36. The number of nitrogens with zero attached hydrogens (tertiary/aromatic N) is 2. The zero-order chi connectivity index (χ0) is 15.9. The van der Waals surface area contributed by atoms with E-state index < -0.39 is 10.0 Å². The van der Waals surface area contributed by atoms with E-state index in [4.69, 9.17) is 4.98 Å². The first-order valence-electron chi connectivity index (χ1n) is 8.21. The van der Waals surface area contributed by atoms with Crippen molar-refractivity contribution in [3.8, 4) is 0 Å². The van der Waals surface area contributed by atoms with Gasteiger partial charge in [-0.2, -0.15) is 0 Å². The maximum atomic E-state index is 11.9. The van der Waals surface area contributed by atoms with E-state index in [1.807, 2.05) is 12.1 Å². The number of rotatable bonds is 5. The molecule has 0 bridgehead atoms. The van der Waals surface area contributed by atoms with E-state index in [-0.39, 0.29) is 5.25 Å². The molecule has 7 heteroatoms. The average molecular weight is 351 g/mol. The molecule has 0 radical (unpaired) electrons. The topological polar surface area (TPSA) is 62.3 Å². The van der Waals surface area contributed by atoms with E-state index in [1.165, 1.54) is 4.70 Å². The molecule has 1 saturated carbocycles. The zero-order valence-electron chi connectivity index (χ0n) is 12.9. The van der Waals surface area contributed by atoms with Crippen molar-refractivity contribution in [3.63, 3.8) is 0 Å². The van der Waals surface area contributed by atoms with E-state index >= 15 is 0 Å². The molecule has 23 heavy (non-hydrogen) atoms. The fraction of sp³-hybridized carbons (Fsp3) is 0.562. The Morgan fingerprint density at radius 1 is 1.17 bits per heavy atom. The Balaban J connectivity index is 1.33. The van der Waals surface area contributed by atoms with Crippen LogP contribution in [0.5, 0.6) is 0 Å². The molecule has 0 atom stereocenters. The number of nitrogens with one attached hydrogen (secondary N) is 1. The summed E-state index contributed by atoms with van der Waals surface area (Å²) in [4.78, 5) is 7.04. The SMILES string of the molecule is O=S(=O)(NCC1CCN(c2nc3ccccc3s2)CC1)C1CC1. The lowest BCUT2D eigenvalue weighted by Crippen LogP contribution is -2.39. The van der Waals surface area contributed by atoms with Crippen LogP contribution in [0.25, 0.3) is 10.2 Å². The van der Waals surface area contributed by atoms with Gasteiger partial charge < -0.3 is 4.90 Å². The van der Waals surface area contributed by atoms with E-state index in [0.717, 1.165) is 49.4 Å². The summed E-state index contributed by atoms with van der Waals surface area (Å²) in [5.74, 6) is 0.439. The van der Waals surface area contributed by atoms with Crippen molar-refractivity contribution in [3.05, 3.63) is 24.3 Å². The number of hydrogen-bond acceptors (Lipinski definition) is 5. The van der Waals surface area contributed by atoms with Crippen molar-refractivity contribution in [2.75, 3.05) is 24.5 Å². The Bertz CT molecular complexity index is 758. The predicted molar refractivity (Wildman–Crippen MR) is 94.5 cm³/mol. The maximum absolute atomic E-state index is 11.9. The molecule has 0 unspecified atom stereocenters. The molecular formula is C16H21N3O2S2. The first-order valence-corrected chi connectivity index (χ1v) is 10.6. The van der Waals surface area contributed by atoms with Gasteiger partial charge in [0, 0.05) is 19.6 Å². The fourth-order valence-electron chi connectivity index (χ4n) is 3.05. The van der Waals surface area contributed by atoms with Gasteiger partial charge in [-0.05, 0) is 43.7 Å². The minimum absolute atomic E-state index is 0.120. The summed E-state index contributed by atoms with van der Waals surface area (Å²) in [5, 5.41) is 0.966. The molecule has 1 aromatic carbocycles. The van der Waals surface area contributed by atoms with Crippen LogP contribution in [-0.4, -0.2) is 38.3 Å². The van der Waals surface area contributed by atoms with Crippen molar-refractivity contribution in [2.45, 2.75) is 30.9 Å². The van der Waals surface area contributed by atoms with Crippen LogP contribution < -0.4 is 9.62 Å².